The fourth-order valence-electron chi connectivity index (χ4n) is 2.03. The van der Waals surface area contributed by atoms with Gasteiger partial charge in [-0.15, -0.1) is 0 Å². The Morgan fingerprint density at radius 1 is 1.35 bits per heavy atom. The zero-order chi connectivity index (χ0) is 14.1. The van der Waals surface area contributed by atoms with E-state index in [0.29, 0.717) is 16.9 Å². The molecule has 3 aromatic rings. The molecule has 1 aromatic carbocycles. The molecule has 0 amide bonds. The highest BCUT2D eigenvalue weighted by molar-refractivity contribution is 9.10. The lowest BCUT2D eigenvalue weighted by molar-refractivity contribution is 0.800. The molecule has 3 rings (SSSR count). The summed E-state index contributed by atoms with van der Waals surface area (Å²) in [6.45, 7) is 0.624. The van der Waals surface area contributed by atoms with E-state index in [0.717, 1.165) is 21.2 Å². The molecule has 0 bridgehead atoms. The molecule has 0 saturated carbocycles. The molecular formula is C14H9BrN4S. The van der Waals surface area contributed by atoms with Crippen LogP contribution in [0.15, 0.2) is 41.0 Å². The molecule has 0 aliphatic rings. The second-order valence-electron chi connectivity index (χ2n) is 4.35. The SMILES string of the molecule is N#Cc1ccc(Cn2c(=S)[nH]c3cc(Br)cnc32)cc1. The first-order chi connectivity index (χ1) is 9.67. The first kappa shape index (κ1) is 13.0. The van der Waals surface area contributed by atoms with E-state index in [9.17, 15) is 0 Å². The number of benzene rings is 1. The number of nitrogens with zero attached hydrogens (tertiary/aromatic N) is 3. The molecule has 98 valence electrons. The van der Waals surface area contributed by atoms with Crippen molar-refractivity contribution < 1.29 is 0 Å². The summed E-state index contributed by atoms with van der Waals surface area (Å²) in [5.41, 5.74) is 3.45. The number of H-pyrrole nitrogens is 1. The minimum atomic E-state index is 0.624. The van der Waals surface area contributed by atoms with Crippen molar-refractivity contribution in [3.05, 3.63) is 56.9 Å². The number of hydrogen-bond donors (Lipinski definition) is 1. The zero-order valence-electron chi connectivity index (χ0n) is 10.3. The van der Waals surface area contributed by atoms with Crippen molar-refractivity contribution >= 4 is 39.3 Å². The van der Waals surface area contributed by atoms with Gasteiger partial charge in [0.1, 0.15) is 0 Å². The first-order valence-electron chi connectivity index (χ1n) is 5.90. The topological polar surface area (TPSA) is 57.4 Å². The number of aromatic amines is 1. The van der Waals surface area contributed by atoms with Crippen LogP contribution in [0, 0.1) is 16.1 Å². The Morgan fingerprint density at radius 3 is 2.80 bits per heavy atom. The van der Waals surface area contributed by atoms with Gasteiger partial charge in [0.2, 0.25) is 0 Å². The summed E-state index contributed by atoms with van der Waals surface area (Å²) in [7, 11) is 0. The zero-order valence-corrected chi connectivity index (χ0v) is 12.7. The maximum absolute atomic E-state index is 8.81. The van der Waals surface area contributed by atoms with Gasteiger partial charge in [0.05, 0.1) is 23.7 Å². The van der Waals surface area contributed by atoms with E-state index in [2.05, 4.69) is 32.0 Å². The van der Waals surface area contributed by atoms with Gasteiger partial charge in [-0.05, 0) is 51.9 Å². The van der Waals surface area contributed by atoms with Gasteiger partial charge >= 0.3 is 0 Å². The number of rotatable bonds is 2. The van der Waals surface area contributed by atoms with Crippen LogP contribution in [0.4, 0.5) is 0 Å². The molecule has 0 spiro atoms. The van der Waals surface area contributed by atoms with E-state index in [1.54, 1.807) is 18.3 Å². The maximum Gasteiger partial charge on any atom is 0.179 e. The predicted molar refractivity (Wildman–Crippen MR) is 82.9 cm³/mol. The standard InChI is InChI=1S/C14H9BrN4S/c15-11-5-12-13(17-7-11)19(14(20)18-12)8-10-3-1-9(6-16)2-4-10/h1-5,7H,8H2,(H,18,20). The van der Waals surface area contributed by atoms with Crippen LogP contribution in [0.25, 0.3) is 11.2 Å². The van der Waals surface area contributed by atoms with Crippen molar-refractivity contribution in [1.29, 1.82) is 5.26 Å². The van der Waals surface area contributed by atoms with E-state index >= 15 is 0 Å². The Morgan fingerprint density at radius 2 is 2.10 bits per heavy atom. The molecule has 0 fully saturated rings. The Kier molecular flexibility index (Phi) is 3.38. The molecule has 0 unspecified atom stereocenters. The second kappa shape index (κ2) is 5.19. The van der Waals surface area contributed by atoms with E-state index in [4.69, 9.17) is 17.5 Å². The number of halogens is 1. The molecule has 2 heterocycles. The Bertz CT molecular complexity index is 871. The highest BCUT2D eigenvalue weighted by Gasteiger charge is 2.07. The molecule has 0 aliphatic heterocycles. The summed E-state index contributed by atoms with van der Waals surface area (Å²) >= 11 is 8.74. The van der Waals surface area contributed by atoms with Crippen molar-refractivity contribution in [3.8, 4) is 6.07 Å². The van der Waals surface area contributed by atoms with E-state index < -0.39 is 0 Å². The first-order valence-corrected chi connectivity index (χ1v) is 7.10. The molecule has 1 N–H and O–H groups in total. The van der Waals surface area contributed by atoms with Crippen LogP contribution in [0.5, 0.6) is 0 Å². The number of fused-ring (bicyclic) bond motifs is 1. The summed E-state index contributed by atoms with van der Waals surface area (Å²) in [4.78, 5) is 7.54. The minimum Gasteiger partial charge on any atom is -0.329 e. The number of aromatic nitrogens is 3. The van der Waals surface area contributed by atoms with Crippen molar-refractivity contribution in [2.24, 2.45) is 0 Å². The average molecular weight is 345 g/mol. The molecule has 0 radical (unpaired) electrons. The third kappa shape index (κ3) is 2.38. The van der Waals surface area contributed by atoms with Crippen LogP contribution < -0.4 is 0 Å². The average Bonchev–Trinajstić information content (AvgIpc) is 2.75. The van der Waals surface area contributed by atoms with Crippen LogP contribution in [0.2, 0.25) is 0 Å². The fourth-order valence-corrected chi connectivity index (χ4v) is 2.62. The monoisotopic (exact) mass is 344 g/mol. The maximum atomic E-state index is 8.81. The van der Waals surface area contributed by atoms with E-state index in [1.165, 1.54) is 0 Å². The van der Waals surface area contributed by atoms with Gasteiger partial charge in [0.25, 0.3) is 0 Å². The fraction of sp³-hybridized carbons (Fsp3) is 0.0714. The van der Waals surface area contributed by atoms with Crippen molar-refractivity contribution in [2.75, 3.05) is 0 Å². The number of nitrogens with one attached hydrogen (secondary N) is 1. The molecule has 2 aromatic heterocycles. The van der Waals surface area contributed by atoms with Gasteiger partial charge in [-0.2, -0.15) is 5.26 Å². The third-order valence-corrected chi connectivity index (χ3v) is 3.76. The number of hydrogen-bond acceptors (Lipinski definition) is 3. The van der Waals surface area contributed by atoms with Gasteiger partial charge < -0.3 is 4.98 Å². The van der Waals surface area contributed by atoms with Gasteiger partial charge in [0, 0.05) is 10.7 Å². The van der Waals surface area contributed by atoms with Gasteiger partial charge in [-0.3, -0.25) is 4.57 Å². The summed E-state index contributed by atoms with van der Waals surface area (Å²) in [6.07, 6.45) is 1.75. The van der Waals surface area contributed by atoms with Crippen molar-refractivity contribution in [1.82, 2.24) is 14.5 Å². The van der Waals surface area contributed by atoms with Crippen molar-refractivity contribution in [3.63, 3.8) is 0 Å². The highest BCUT2D eigenvalue weighted by atomic mass is 79.9. The number of pyridine rings is 1. The van der Waals surface area contributed by atoms with E-state index in [1.807, 2.05) is 22.8 Å². The van der Waals surface area contributed by atoms with Crippen LogP contribution in [-0.2, 0) is 6.54 Å². The highest BCUT2D eigenvalue weighted by Crippen LogP contribution is 2.18. The third-order valence-electron chi connectivity index (χ3n) is 3.00. The summed E-state index contributed by atoms with van der Waals surface area (Å²) < 4.78 is 3.49. The Balaban J connectivity index is 2.04. The number of nitriles is 1. The Labute approximate surface area is 128 Å². The molecule has 0 saturated heterocycles. The molecule has 6 heteroatoms. The lowest BCUT2D eigenvalue weighted by Crippen LogP contribution is -2.00. The van der Waals surface area contributed by atoms with Crippen LogP contribution in [0.1, 0.15) is 11.1 Å². The normalized spacial score (nSPS) is 10.6. The summed E-state index contributed by atoms with van der Waals surface area (Å²) in [5, 5.41) is 8.81. The second-order valence-corrected chi connectivity index (χ2v) is 5.65. The quantitative estimate of drug-likeness (QED) is 0.719. The lowest BCUT2D eigenvalue weighted by atomic mass is 10.1. The minimum absolute atomic E-state index is 0.624. The van der Waals surface area contributed by atoms with Gasteiger partial charge in [0.15, 0.2) is 10.4 Å². The van der Waals surface area contributed by atoms with Crippen LogP contribution in [-0.4, -0.2) is 14.5 Å². The van der Waals surface area contributed by atoms with Gasteiger partial charge in [-0.1, -0.05) is 12.1 Å². The van der Waals surface area contributed by atoms with E-state index in [-0.39, 0.29) is 0 Å². The molecule has 4 nitrogen and oxygen atoms in total. The predicted octanol–water partition coefficient (Wildman–Crippen LogP) is 3.78. The summed E-state index contributed by atoms with van der Waals surface area (Å²) in [6, 6.07) is 11.5. The molecule has 20 heavy (non-hydrogen) atoms. The smallest absolute Gasteiger partial charge is 0.179 e. The lowest BCUT2D eigenvalue weighted by Gasteiger charge is -2.04. The molecule has 0 aliphatic carbocycles. The molecule has 0 atom stereocenters. The van der Waals surface area contributed by atoms with Crippen molar-refractivity contribution in [2.45, 2.75) is 6.54 Å². The van der Waals surface area contributed by atoms with Gasteiger partial charge in [-0.25, -0.2) is 4.98 Å². The van der Waals surface area contributed by atoms with Crippen LogP contribution >= 0.6 is 28.1 Å². The number of imidazole rings is 1. The van der Waals surface area contributed by atoms with Crippen LogP contribution in [0.3, 0.4) is 0 Å². The largest absolute Gasteiger partial charge is 0.329 e. The summed E-state index contributed by atoms with van der Waals surface area (Å²) in [5.74, 6) is 0. The molecular weight excluding hydrogens is 336 g/mol. The Hall–Kier alpha value is -1.97.